The molecule has 0 aliphatic heterocycles. The molecule has 2 rings (SSSR count). The van der Waals surface area contributed by atoms with Gasteiger partial charge in [-0.15, -0.1) is 0 Å². The normalized spacial score (nSPS) is 12.4. The van der Waals surface area contributed by atoms with Crippen LogP contribution in [0.3, 0.4) is 0 Å². The molecule has 0 bridgehead atoms. The average molecular weight is 334 g/mol. The van der Waals surface area contributed by atoms with Crippen molar-refractivity contribution in [2.45, 2.75) is 38.8 Å². The number of nitrogens with two attached hydrogens (primary N) is 1. The number of para-hydroxylation sites is 1. The van der Waals surface area contributed by atoms with E-state index in [2.05, 4.69) is 11.5 Å². The number of aromatic nitrogens is 1. The number of hydrogen-bond acceptors (Lipinski definition) is 4. The first kappa shape index (κ1) is 17.6. The molecule has 1 aromatic heterocycles. The number of unbranched alkanes of at least 4 members (excludes halogenated alkanes) is 2. The topological polar surface area (TPSA) is 85.3 Å². The van der Waals surface area contributed by atoms with Crippen molar-refractivity contribution in [1.82, 2.24) is 4.57 Å². The third-order valence-corrected chi connectivity index (χ3v) is 4.73. The zero-order valence-electron chi connectivity index (χ0n) is 13.2. The highest BCUT2D eigenvalue weighted by Gasteiger charge is 2.18. The number of carboxylic acids is 1. The highest BCUT2D eigenvalue weighted by Crippen LogP contribution is 2.26. The Kier molecular flexibility index (Phi) is 6.24. The SMILES string of the molecule is CCCCCn1cc(C(=O)SCC(N)C(=O)O)c2ccccc21. The second kappa shape index (κ2) is 8.17. The molecular formula is C17H22N2O3S. The van der Waals surface area contributed by atoms with E-state index in [1.54, 1.807) is 0 Å². The second-order valence-electron chi connectivity index (χ2n) is 5.50. The lowest BCUT2D eigenvalue weighted by Gasteiger charge is -2.04. The summed E-state index contributed by atoms with van der Waals surface area (Å²) in [4.78, 5) is 23.2. The van der Waals surface area contributed by atoms with Gasteiger partial charge in [0.15, 0.2) is 0 Å². The van der Waals surface area contributed by atoms with Gasteiger partial charge in [-0.05, 0) is 12.5 Å². The highest BCUT2D eigenvalue weighted by molar-refractivity contribution is 8.14. The fourth-order valence-electron chi connectivity index (χ4n) is 2.44. The van der Waals surface area contributed by atoms with E-state index >= 15 is 0 Å². The number of carboxylic acid groups (broad SMARTS) is 1. The van der Waals surface area contributed by atoms with E-state index in [9.17, 15) is 9.59 Å². The smallest absolute Gasteiger partial charge is 0.321 e. The molecule has 1 unspecified atom stereocenters. The van der Waals surface area contributed by atoms with Crippen molar-refractivity contribution in [1.29, 1.82) is 0 Å². The Hall–Kier alpha value is -1.79. The Morgan fingerprint density at radius 3 is 2.74 bits per heavy atom. The van der Waals surface area contributed by atoms with Gasteiger partial charge in [0.25, 0.3) is 0 Å². The quantitative estimate of drug-likeness (QED) is 0.725. The van der Waals surface area contributed by atoms with Crippen LogP contribution in [0.15, 0.2) is 30.5 Å². The molecule has 0 fully saturated rings. The van der Waals surface area contributed by atoms with Gasteiger partial charge in [0.2, 0.25) is 5.12 Å². The number of thioether (sulfide) groups is 1. The molecule has 5 nitrogen and oxygen atoms in total. The molecule has 0 saturated carbocycles. The van der Waals surface area contributed by atoms with Crippen LogP contribution in [0.1, 0.15) is 36.5 Å². The van der Waals surface area contributed by atoms with Crippen molar-refractivity contribution in [3.05, 3.63) is 36.0 Å². The summed E-state index contributed by atoms with van der Waals surface area (Å²) in [6, 6.07) is 6.77. The van der Waals surface area contributed by atoms with Gasteiger partial charge in [0.05, 0.1) is 5.56 Å². The van der Waals surface area contributed by atoms with Crippen LogP contribution < -0.4 is 5.73 Å². The Morgan fingerprint density at radius 1 is 1.30 bits per heavy atom. The van der Waals surface area contributed by atoms with Crippen LogP contribution in [0.5, 0.6) is 0 Å². The van der Waals surface area contributed by atoms with E-state index in [0.29, 0.717) is 5.56 Å². The van der Waals surface area contributed by atoms with Crippen LogP contribution >= 0.6 is 11.8 Å². The number of hydrogen-bond donors (Lipinski definition) is 2. The highest BCUT2D eigenvalue weighted by atomic mass is 32.2. The number of aliphatic carboxylic acids is 1. The summed E-state index contributed by atoms with van der Waals surface area (Å²) >= 11 is 0.964. The number of rotatable bonds is 8. The van der Waals surface area contributed by atoms with Crippen LogP contribution in [0, 0.1) is 0 Å². The second-order valence-corrected chi connectivity index (χ2v) is 6.50. The zero-order chi connectivity index (χ0) is 16.8. The van der Waals surface area contributed by atoms with Gasteiger partial charge in [-0.25, -0.2) is 0 Å². The number of benzene rings is 1. The molecule has 6 heteroatoms. The van der Waals surface area contributed by atoms with E-state index in [0.717, 1.165) is 48.5 Å². The van der Waals surface area contributed by atoms with E-state index in [1.165, 1.54) is 0 Å². The lowest BCUT2D eigenvalue weighted by molar-refractivity contribution is -0.137. The molecule has 0 radical (unpaired) electrons. The van der Waals surface area contributed by atoms with Gasteiger partial charge >= 0.3 is 5.97 Å². The monoisotopic (exact) mass is 334 g/mol. The Balaban J connectivity index is 2.19. The lowest BCUT2D eigenvalue weighted by atomic mass is 10.2. The first-order valence-electron chi connectivity index (χ1n) is 7.78. The molecule has 0 aliphatic carbocycles. The molecule has 23 heavy (non-hydrogen) atoms. The third kappa shape index (κ3) is 4.36. The molecule has 1 atom stereocenters. The zero-order valence-corrected chi connectivity index (χ0v) is 14.0. The summed E-state index contributed by atoms with van der Waals surface area (Å²) in [6.45, 7) is 3.03. The van der Waals surface area contributed by atoms with Crippen molar-refractivity contribution >= 4 is 33.7 Å². The molecule has 3 N–H and O–H groups in total. The van der Waals surface area contributed by atoms with Crippen LogP contribution in [-0.2, 0) is 11.3 Å². The predicted octanol–water partition coefficient (Wildman–Crippen LogP) is 3.12. The number of aryl methyl sites for hydroxylation is 1. The number of carbonyl (C=O) groups excluding carboxylic acids is 1. The molecule has 1 heterocycles. The van der Waals surface area contributed by atoms with E-state index < -0.39 is 12.0 Å². The van der Waals surface area contributed by atoms with Crippen LogP contribution in [0.25, 0.3) is 10.9 Å². The molecule has 0 amide bonds. The van der Waals surface area contributed by atoms with E-state index in [1.807, 2.05) is 30.5 Å². The fraction of sp³-hybridized carbons (Fsp3) is 0.412. The van der Waals surface area contributed by atoms with Gasteiger partial charge in [0, 0.05) is 29.4 Å². The molecule has 1 aromatic carbocycles. The maximum Gasteiger partial charge on any atom is 0.321 e. The maximum atomic E-state index is 12.4. The standard InChI is InChI=1S/C17H22N2O3S/c1-2-3-6-9-19-10-13(12-7-4-5-8-15(12)19)17(22)23-11-14(18)16(20)21/h4-5,7-8,10,14H,2-3,6,9,11,18H2,1H3,(H,20,21). The lowest BCUT2D eigenvalue weighted by Crippen LogP contribution is -2.32. The molecule has 2 aromatic rings. The maximum absolute atomic E-state index is 12.4. The minimum absolute atomic E-state index is 0.0729. The fourth-order valence-corrected chi connectivity index (χ4v) is 3.23. The van der Waals surface area contributed by atoms with Crippen LogP contribution in [0.2, 0.25) is 0 Å². The predicted molar refractivity (Wildman–Crippen MR) is 93.9 cm³/mol. The van der Waals surface area contributed by atoms with E-state index in [4.69, 9.17) is 10.8 Å². The minimum Gasteiger partial charge on any atom is -0.480 e. The van der Waals surface area contributed by atoms with Crippen LogP contribution in [0.4, 0.5) is 0 Å². The van der Waals surface area contributed by atoms with Crippen molar-refractivity contribution in [2.24, 2.45) is 5.73 Å². The average Bonchev–Trinajstić information content (AvgIpc) is 2.91. The number of fused-ring (bicyclic) bond motifs is 1. The number of carbonyl (C=O) groups is 2. The summed E-state index contributed by atoms with van der Waals surface area (Å²) in [5, 5.41) is 9.58. The van der Waals surface area contributed by atoms with Gasteiger partial charge in [-0.2, -0.15) is 0 Å². The summed E-state index contributed by atoms with van der Waals surface area (Å²) in [5.41, 5.74) is 7.13. The molecule has 0 saturated heterocycles. The summed E-state index contributed by atoms with van der Waals surface area (Å²) in [7, 11) is 0. The third-order valence-electron chi connectivity index (χ3n) is 3.72. The Labute approximate surface area is 139 Å². The summed E-state index contributed by atoms with van der Waals surface area (Å²) < 4.78 is 2.11. The molecular weight excluding hydrogens is 312 g/mol. The van der Waals surface area contributed by atoms with Crippen molar-refractivity contribution < 1.29 is 14.7 Å². The van der Waals surface area contributed by atoms with Crippen molar-refractivity contribution in [3.8, 4) is 0 Å². The molecule has 0 aliphatic rings. The molecule has 0 spiro atoms. The van der Waals surface area contributed by atoms with E-state index in [-0.39, 0.29) is 10.9 Å². The largest absolute Gasteiger partial charge is 0.480 e. The first-order valence-corrected chi connectivity index (χ1v) is 8.76. The van der Waals surface area contributed by atoms with Gasteiger partial charge < -0.3 is 15.4 Å². The van der Waals surface area contributed by atoms with Crippen molar-refractivity contribution in [2.75, 3.05) is 5.75 Å². The van der Waals surface area contributed by atoms with Gasteiger partial charge in [0.1, 0.15) is 6.04 Å². The van der Waals surface area contributed by atoms with Crippen molar-refractivity contribution in [3.63, 3.8) is 0 Å². The molecule has 124 valence electrons. The number of nitrogens with zero attached hydrogens (tertiary/aromatic N) is 1. The first-order chi connectivity index (χ1) is 11.0. The summed E-state index contributed by atoms with van der Waals surface area (Å²) in [6.07, 6.45) is 5.24. The summed E-state index contributed by atoms with van der Waals surface area (Å²) in [5.74, 6) is -1.02. The Morgan fingerprint density at radius 2 is 2.04 bits per heavy atom. The van der Waals surface area contributed by atoms with Gasteiger partial charge in [-0.1, -0.05) is 49.7 Å². The van der Waals surface area contributed by atoms with Crippen LogP contribution in [-0.4, -0.2) is 32.6 Å². The minimum atomic E-state index is -1.09. The Bertz CT molecular complexity index is 696. The van der Waals surface area contributed by atoms with Gasteiger partial charge in [-0.3, -0.25) is 9.59 Å².